The summed E-state index contributed by atoms with van der Waals surface area (Å²) < 4.78 is 4.82. The van der Waals surface area contributed by atoms with Crippen LogP contribution in [-0.4, -0.2) is 33.7 Å². The van der Waals surface area contributed by atoms with Gasteiger partial charge in [-0.15, -0.1) is 0 Å². The highest BCUT2D eigenvalue weighted by atomic mass is 16.5. The van der Waals surface area contributed by atoms with Crippen molar-refractivity contribution in [2.75, 3.05) is 6.54 Å². The topological polar surface area (TPSA) is 105 Å². The maximum absolute atomic E-state index is 12.2. The highest BCUT2D eigenvalue weighted by Crippen LogP contribution is 2.18. The number of nitrogens with one attached hydrogen (secondary N) is 1. The lowest BCUT2D eigenvalue weighted by Gasteiger charge is -2.12. The maximum atomic E-state index is 12.2. The SMILES string of the molecule is Cc1ccc(C)c(C(=O)NCCc2ncno2)c1C(=O)O. The number of hydrogen-bond acceptors (Lipinski definition) is 5. The van der Waals surface area contributed by atoms with E-state index in [-0.39, 0.29) is 17.7 Å². The largest absolute Gasteiger partial charge is 0.478 e. The van der Waals surface area contributed by atoms with Crippen molar-refractivity contribution in [2.45, 2.75) is 20.3 Å². The number of aromatic carboxylic acids is 1. The molecule has 1 aromatic carbocycles. The zero-order chi connectivity index (χ0) is 15.4. The van der Waals surface area contributed by atoms with Crippen LogP contribution in [0, 0.1) is 13.8 Å². The molecule has 2 aromatic rings. The quantitative estimate of drug-likeness (QED) is 0.861. The predicted molar refractivity (Wildman–Crippen MR) is 73.2 cm³/mol. The van der Waals surface area contributed by atoms with Crippen molar-refractivity contribution in [3.8, 4) is 0 Å². The lowest BCUT2D eigenvalue weighted by molar-refractivity contribution is 0.0690. The Balaban J connectivity index is 2.15. The molecule has 1 amide bonds. The third kappa shape index (κ3) is 3.25. The second-order valence-corrected chi connectivity index (χ2v) is 4.60. The Hall–Kier alpha value is -2.70. The van der Waals surface area contributed by atoms with Crippen LogP contribution in [0.5, 0.6) is 0 Å². The molecule has 1 heterocycles. The predicted octanol–water partition coefficient (Wildman–Crippen LogP) is 1.36. The molecule has 0 spiro atoms. The van der Waals surface area contributed by atoms with Gasteiger partial charge in [0.2, 0.25) is 5.89 Å². The Labute approximate surface area is 121 Å². The molecule has 7 heteroatoms. The van der Waals surface area contributed by atoms with Gasteiger partial charge in [-0.2, -0.15) is 4.98 Å². The molecule has 7 nitrogen and oxygen atoms in total. The summed E-state index contributed by atoms with van der Waals surface area (Å²) in [7, 11) is 0. The summed E-state index contributed by atoms with van der Waals surface area (Å²) in [5.74, 6) is -1.12. The molecule has 0 fully saturated rings. The van der Waals surface area contributed by atoms with Crippen LogP contribution in [0.2, 0.25) is 0 Å². The van der Waals surface area contributed by atoms with Gasteiger partial charge in [0.15, 0.2) is 6.33 Å². The molecule has 0 saturated carbocycles. The van der Waals surface area contributed by atoms with E-state index in [2.05, 4.69) is 15.5 Å². The van der Waals surface area contributed by atoms with Crippen molar-refractivity contribution in [1.29, 1.82) is 0 Å². The first kappa shape index (κ1) is 14.7. The van der Waals surface area contributed by atoms with E-state index in [1.807, 2.05) is 0 Å². The minimum Gasteiger partial charge on any atom is -0.478 e. The first-order valence-corrected chi connectivity index (χ1v) is 6.38. The van der Waals surface area contributed by atoms with Crippen molar-refractivity contribution in [3.05, 3.63) is 46.6 Å². The molecule has 0 bridgehead atoms. The number of carbonyl (C=O) groups excluding carboxylic acids is 1. The highest BCUT2D eigenvalue weighted by Gasteiger charge is 2.21. The maximum Gasteiger partial charge on any atom is 0.336 e. The number of carbonyl (C=O) groups is 2. The van der Waals surface area contributed by atoms with Gasteiger partial charge < -0.3 is 14.9 Å². The van der Waals surface area contributed by atoms with Gasteiger partial charge in [0.1, 0.15) is 0 Å². The van der Waals surface area contributed by atoms with Crippen molar-refractivity contribution >= 4 is 11.9 Å². The summed E-state index contributed by atoms with van der Waals surface area (Å²) >= 11 is 0. The van der Waals surface area contributed by atoms with E-state index in [9.17, 15) is 14.7 Å². The minimum absolute atomic E-state index is 0.0327. The molecule has 0 aliphatic carbocycles. The Morgan fingerprint density at radius 3 is 2.48 bits per heavy atom. The average molecular weight is 289 g/mol. The van der Waals surface area contributed by atoms with Gasteiger partial charge in [0.05, 0.1) is 11.1 Å². The molecule has 2 N–H and O–H groups in total. The number of nitrogens with zero attached hydrogens (tertiary/aromatic N) is 2. The molecule has 0 unspecified atom stereocenters. The Kier molecular flexibility index (Phi) is 4.32. The smallest absolute Gasteiger partial charge is 0.336 e. The zero-order valence-electron chi connectivity index (χ0n) is 11.7. The Bertz CT molecular complexity index is 665. The third-order valence-corrected chi connectivity index (χ3v) is 3.09. The summed E-state index contributed by atoms with van der Waals surface area (Å²) in [5, 5.41) is 15.4. The Morgan fingerprint density at radius 2 is 1.90 bits per heavy atom. The summed E-state index contributed by atoms with van der Waals surface area (Å²) in [4.78, 5) is 27.4. The number of hydrogen-bond donors (Lipinski definition) is 2. The van der Waals surface area contributed by atoms with Crippen LogP contribution >= 0.6 is 0 Å². The number of aromatic nitrogens is 2. The number of rotatable bonds is 5. The fourth-order valence-electron chi connectivity index (χ4n) is 2.06. The Morgan fingerprint density at radius 1 is 1.24 bits per heavy atom. The van der Waals surface area contributed by atoms with Crippen molar-refractivity contribution < 1.29 is 19.2 Å². The van der Waals surface area contributed by atoms with E-state index in [1.165, 1.54) is 6.33 Å². The fraction of sp³-hybridized carbons (Fsp3) is 0.286. The van der Waals surface area contributed by atoms with Gasteiger partial charge in [0.25, 0.3) is 5.91 Å². The van der Waals surface area contributed by atoms with E-state index in [4.69, 9.17) is 4.52 Å². The lowest BCUT2D eigenvalue weighted by Crippen LogP contribution is -2.28. The van der Waals surface area contributed by atoms with Crippen molar-refractivity contribution in [3.63, 3.8) is 0 Å². The number of benzene rings is 1. The van der Waals surface area contributed by atoms with Crippen molar-refractivity contribution in [2.24, 2.45) is 0 Å². The zero-order valence-corrected chi connectivity index (χ0v) is 11.7. The van der Waals surface area contributed by atoms with Crippen LogP contribution < -0.4 is 5.32 Å². The van der Waals surface area contributed by atoms with Gasteiger partial charge in [-0.1, -0.05) is 17.3 Å². The van der Waals surface area contributed by atoms with E-state index >= 15 is 0 Å². The standard InChI is InChI=1S/C14H15N3O4/c1-8-3-4-9(2)12(14(19)20)11(8)13(18)15-6-5-10-16-7-17-21-10/h3-4,7H,5-6H2,1-2H3,(H,15,18)(H,19,20). The number of amides is 1. The molecule has 0 radical (unpaired) electrons. The van der Waals surface area contributed by atoms with Gasteiger partial charge in [-0.3, -0.25) is 4.79 Å². The van der Waals surface area contributed by atoms with Crippen LogP contribution in [0.3, 0.4) is 0 Å². The van der Waals surface area contributed by atoms with Gasteiger partial charge >= 0.3 is 5.97 Å². The van der Waals surface area contributed by atoms with E-state index < -0.39 is 11.9 Å². The second-order valence-electron chi connectivity index (χ2n) is 4.60. The molecule has 110 valence electrons. The second kappa shape index (κ2) is 6.17. The average Bonchev–Trinajstić information content (AvgIpc) is 2.93. The van der Waals surface area contributed by atoms with Gasteiger partial charge in [0, 0.05) is 13.0 Å². The summed E-state index contributed by atoms with van der Waals surface area (Å²) in [6, 6.07) is 3.42. The number of aryl methyl sites for hydroxylation is 2. The van der Waals surface area contributed by atoms with Crippen LogP contribution in [0.25, 0.3) is 0 Å². The van der Waals surface area contributed by atoms with Gasteiger partial charge in [-0.05, 0) is 25.0 Å². The lowest BCUT2D eigenvalue weighted by atomic mass is 9.96. The minimum atomic E-state index is -1.11. The molecular weight excluding hydrogens is 274 g/mol. The van der Waals surface area contributed by atoms with E-state index in [0.717, 1.165) is 0 Å². The number of carboxylic acid groups (broad SMARTS) is 1. The van der Waals surface area contributed by atoms with E-state index in [0.29, 0.717) is 23.4 Å². The van der Waals surface area contributed by atoms with Crippen LogP contribution in [0.4, 0.5) is 0 Å². The summed E-state index contributed by atoms with van der Waals surface area (Å²) in [6.45, 7) is 3.66. The van der Waals surface area contributed by atoms with Gasteiger partial charge in [-0.25, -0.2) is 4.79 Å². The van der Waals surface area contributed by atoms with Crippen LogP contribution in [0.1, 0.15) is 37.7 Å². The first-order valence-electron chi connectivity index (χ1n) is 6.38. The third-order valence-electron chi connectivity index (χ3n) is 3.09. The fourth-order valence-corrected chi connectivity index (χ4v) is 2.06. The molecule has 21 heavy (non-hydrogen) atoms. The molecule has 0 atom stereocenters. The summed E-state index contributed by atoms with van der Waals surface area (Å²) in [6.07, 6.45) is 1.67. The highest BCUT2D eigenvalue weighted by molar-refractivity contribution is 6.06. The van der Waals surface area contributed by atoms with Crippen LogP contribution in [0.15, 0.2) is 23.0 Å². The molecule has 0 aliphatic heterocycles. The monoisotopic (exact) mass is 289 g/mol. The molecule has 2 rings (SSSR count). The van der Waals surface area contributed by atoms with E-state index in [1.54, 1.807) is 26.0 Å². The van der Waals surface area contributed by atoms with Crippen LogP contribution in [-0.2, 0) is 6.42 Å². The molecule has 0 saturated heterocycles. The first-order chi connectivity index (χ1) is 10.0. The molecule has 0 aliphatic rings. The van der Waals surface area contributed by atoms with Crippen molar-refractivity contribution in [1.82, 2.24) is 15.5 Å². The molecule has 1 aromatic heterocycles. The summed E-state index contributed by atoms with van der Waals surface area (Å²) in [5.41, 5.74) is 1.39. The number of carboxylic acids is 1. The molecular formula is C14H15N3O4. The normalized spacial score (nSPS) is 10.4.